The molecule has 1 saturated carbocycles. The van der Waals surface area contributed by atoms with E-state index >= 15 is 0 Å². The van der Waals surface area contributed by atoms with Gasteiger partial charge >= 0.3 is 0 Å². The van der Waals surface area contributed by atoms with Crippen LogP contribution in [0.4, 0.5) is 4.39 Å². The zero-order valence-corrected chi connectivity index (χ0v) is 17.3. The molecule has 5 nitrogen and oxygen atoms in total. The summed E-state index contributed by atoms with van der Waals surface area (Å²) in [6, 6.07) is 6.83. The van der Waals surface area contributed by atoms with Gasteiger partial charge in [-0.1, -0.05) is 31.4 Å². The van der Waals surface area contributed by atoms with Crippen molar-refractivity contribution in [2.24, 2.45) is 11.8 Å². The van der Waals surface area contributed by atoms with Crippen LogP contribution in [0.15, 0.2) is 24.3 Å². The molecule has 1 aliphatic carbocycles. The van der Waals surface area contributed by atoms with Crippen molar-refractivity contribution in [2.45, 2.75) is 57.0 Å². The first-order valence-electron chi connectivity index (χ1n) is 11.1. The lowest BCUT2D eigenvalue weighted by atomic mass is 9.89. The van der Waals surface area contributed by atoms with Crippen molar-refractivity contribution in [3.05, 3.63) is 35.6 Å². The summed E-state index contributed by atoms with van der Waals surface area (Å²) in [6.45, 7) is 2.42. The zero-order chi connectivity index (χ0) is 20.4. The van der Waals surface area contributed by atoms with Gasteiger partial charge in [0, 0.05) is 51.5 Å². The Hall–Kier alpha value is -1.95. The van der Waals surface area contributed by atoms with E-state index in [-0.39, 0.29) is 36.5 Å². The van der Waals surface area contributed by atoms with Crippen LogP contribution in [0.3, 0.4) is 0 Å². The van der Waals surface area contributed by atoms with E-state index in [1.165, 1.54) is 25.3 Å². The van der Waals surface area contributed by atoms with Crippen LogP contribution in [0, 0.1) is 17.7 Å². The van der Waals surface area contributed by atoms with Gasteiger partial charge in [0.2, 0.25) is 11.8 Å². The van der Waals surface area contributed by atoms with Crippen LogP contribution >= 0.6 is 0 Å². The molecule has 1 N–H and O–H groups in total. The molecule has 2 amide bonds. The molecule has 2 aliphatic heterocycles. The third-order valence-corrected chi connectivity index (χ3v) is 7.14. The van der Waals surface area contributed by atoms with Gasteiger partial charge in [-0.3, -0.25) is 9.59 Å². The van der Waals surface area contributed by atoms with Crippen LogP contribution in [0.2, 0.25) is 0 Å². The molecule has 1 aromatic carbocycles. The van der Waals surface area contributed by atoms with E-state index in [1.807, 2.05) is 22.9 Å². The highest BCUT2D eigenvalue weighted by atomic mass is 19.1. The molecule has 4 rings (SSSR count). The second-order valence-corrected chi connectivity index (χ2v) is 8.92. The maximum Gasteiger partial charge on any atom is 0.223 e. The normalized spacial score (nSPS) is 27.1. The Labute approximate surface area is 172 Å². The van der Waals surface area contributed by atoms with E-state index in [0.717, 1.165) is 31.5 Å². The lowest BCUT2D eigenvalue weighted by Gasteiger charge is -2.32. The van der Waals surface area contributed by atoms with Gasteiger partial charge in [-0.15, -0.1) is 0 Å². The molecule has 1 aromatic rings. The molecular formula is C23H32FN3O2. The summed E-state index contributed by atoms with van der Waals surface area (Å²) in [5.41, 5.74) is 0.861. The molecule has 2 heterocycles. The molecule has 158 valence electrons. The minimum absolute atomic E-state index is 0.0130. The number of likely N-dealkylation sites (tertiary alicyclic amines) is 1. The van der Waals surface area contributed by atoms with Crippen molar-refractivity contribution >= 4 is 11.8 Å². The lowest BCUT2D eigenvalue weighted by Crippen LogP contribution is -2.39. The Balaban J connectivity index is 1.41. The first-order valence-corrected chi connectivity index (χ1v) is 11.1. The summed E-state index contributed by atoms with van der Waals surface area (Å²) in [5.74, 6) is 0.510. The molecular weight excluding hydrogens is 369 g/mol. The van der Waals surface area contributed by atoms with Gasteiger partial charge in [0.15, 0.2) is 0 Å². The molecule has 0 radical (unpaired) electrons. The molecule has 2 saturated heterocycles. The number of benzene rings is 1. The number of carbonyl (C=O) groups is 2. The largest absolute Gasteiger partial charge is 0.343 e. The maximum absolute atomic E-state index is 13.8. The highest BCUT2D eigenvalue weighted by molar-refractivity contribution is 5.84. The zero-order valence-electron chi connectivity index (χ0n) is 17.3. The molecule has 3 aliphatic rings. The van der Waals surface area contributed by atoms with Gasteiger partial charge in [0.05, 0.1) is 6.04 Å². The Morgan fingerprint density at radius 3 is 2.72 bits per heavy atom. The fourth-order valence-electron chi connectivity index (χ4n) is 5.50. The Kier molecular flexibility index (Phi) is 6.18. The van der Waals surface area contributed by atoms with Gasteiger partial charge < -0.3 is 15.1 Å². The number of carbonyl (C=O) groups excluding carboxylic acids is 2. The van der Waals surface area contributed by atoms with Gasteiger partial charge in [0.25, 0.3) is 0 Å². The summed E-state index contributed by atoms with van der Waals surface area (Å²) in [7, 11) is 1.88. The molecule has 29 heavy (non-hydrogen) atoms. The highest BCUT2D eigenvalue weighted by Gasteiger charge is 2.46. The van der Waals surface area contributed by atoms with Crippen LogP contribution in [0.5, 0.6) is 0 Å². The number of nitrogens with zero attached hydrogens (tertiary/aromatic N) is 2. The first kappa shape index (κ1) is 20.3. The summed E-state index contributed by atoms with van der Waals surface area (Å²) in [6.07, 6.45) is 6.24. The Morgan fingerprint density at radius 2 is 1.97 bits per heavy atom. The fraction of sp³-hybridized carbons (Fsp3) is 0.652. The second kappa shape index (κ2) is 8.82. The van der Waals surface area contributed by atoms with E-state index < -0.39 is 0 Å². The average Bonchev–Trinajstić information content (AvgIpc) is 3.33. The summed E-state index contributed by atoms with van der Waals surface area (Å²) >= 11 is 0. The molecule has 0 unspecified atom stereocenters. The number of amides is 2. The molecule has 6 heteroatoms. The van der Waals surface area contributed by atoms with E-state index in [2.05, 4.69) is 5.32 Å². The quantitative estimate of drug-likeness (QED) is 0.825. The van der Waals surface area contributed by atoms with Crippen LogP contribution in [0.25, 0.3) is 0 Å². The van der Waals surface area contributed by atoms with Crippen LogP contribution in [-0.4, -0.2) is 54.3 Å². The smallest absolute Gasteiger partial charge is 0.223 e. The second-order valence-electron chi connectivity index (χ2n) is 8.92. The van der Waals surface area contributed by atoms with Crippen molar-refractivity contribution in [1.82, 2.24) is 15.1 Å². The number of nitrogens with one attached hydrogen (secondary N) is 1. The topological polar surface area (TPSA) is 52.7 Å². The Bertz CT molecular complexity index is 749. The minimum Gasteiger partial charge on any atom is -0.343 e. The number of halogens is 1. The highest BCUT2D eigenvalue weighted by Crippen LogP contribution is 2.43. The number of hydrogen-bond acceptors (Lipinski definition) is 3. The predicted octanol–water partition coefficient (Wildman–Crippen LogP) is 3.12. The standard InChI is InChI=1S/C23H32FN3O2/c1-26(19-8-3-2-4-9-19)21(28)10-11-22(29)27-15-17-13-25-14-20(17)23(27)16-6-5-7-18(24)12-16/h5-7,12,17,19-20,23,25H,2-4,8-11,13-15H2,1H3/t17-,20-,23+/m0/s1. The lowest BCUT2D eigenvalue weighted by molar-refractivity contribution is -0.138. The fourth-order valence-corrected chi connectivity index (χ4v) is 5.50. The van der Waals surface area contributed by atoms with Gasteiger partial charge in [0.1, 0.15) is 5.82 Å². The molecule has 3 fully saturated rings. The molecule has 0 aromatic heterocycles. The van der Waals surface area contributed by atoms with E-state index in [9.17, 15) is 14.0 Å². The van der Waals surface area contributed by atoms with Gasteiger partial charge in [-0.2, -0.15) is 0 Å². The summed E-state index contributed by atoms with van der Waals surface area (Å²) < 4.78 is 13.8. The number of fused-ring (bicyclic) bond motifs is 1. The summed E-state index contributed by atoms with van der Waals surface area (Å²) in [5, 5.41) is 3.41. The van der Waals surface area contributed by atoms with E-state index in [0.29, 0.717) is 24.4 Å². The van der Waals surface area contributed by atoms with Gasteiger partial charge in [-0.05, 0) is 36.5 Å². The molecule has 3 atom stereocenters. The van der Waals surface area contributed by atoms with E-state index in [4.69, 9.17) is 0 Å². The van der Waals surface area contributed by atoms with Crippen molar-refractivity contribution in [3.63, 3.8) is 0 Å². The van der Waals surface area contributed by atoms with E-state index in [1.54, 1.807) is 12.1 Å². The number of hydrogen-bond donors (Lipinski definition) is 1. The third-order valence-electron chi connectivity index (χ3n) is 7.14. The molecule has 0 bridgehead atoms. The monoisotopic (exact) mass is 401 g/mol. The van der Waals surface area contributed by atoms with Crippen molar-refractivity contribution < 1.29 is 14.0 Å². The third kappa shape index (κ3) is 4.32. The predicted molar refractivity (Wildman–Crippen MR) is 110 cm³/mol. The average molecular weight is 402 g/mol. The SMILES string of the molecule is CN(C(=O)CCC(=O)N1C[C@@H]2CNC[C@@H]2[C@H]1c1cccc(F)c1)C1CCCCC1. The number of rotatable bonds is 5. The van der Waals surface area contributed by atoms with Gasteiger partial charge in [-0.25, -0.2) is 4.39 Å². The van der Waals surface area contributed by atoms with Crippen LogP contribution in [-0.2, 0) is 9.59 Å². The first-order chi connectivity index (χ1) is 14.0. The summed E-state index contributed by atoms with van der Waals surface area (Å²) in [4.78, 5) is 29.5. The maximum atomic E-state index is 13.8. The van der Waals surface area contributed by atoms with Crippen LogP contribution in [0.1, 0.15) is 56.6 Å². The van der Waals surface area contributed by atoms with Crippen molar-refractivity contribution in [1.29, 1.82) is 0 Å². The Morgan fingerprint density at radius 1 is 1.17 bits per heavy atom. The van der Waals surface area contributed by atoms with Crippen molar-refractivity contribution in [3.8, 4) is 0 Å². The minimum atomic E-state index is -0.270. The van der Waals surface area contributed by atoms with Crippen LogP contribution < -0.4 is 5.32 Å². The van der Waals surface area contributed by atoms with Crippen molar-refractivity contribution in [2.75, 3.05) is 26.7 Å². The molecule has 0 spiro atoms.